The first kappa shape index (κ1) is 19.1. The summed E-state index contributed by atoms with van der Waals surface area (Å²) >= 11 is 0. The number of alkyl halides is 3. The number of aromatic nitrogens is 3. The van der Waals surface area contributed by atoms with Crippen LogP contribution in [0.15, 0.2) is 64.2 Å². The minimum atomic E-state index is -4.61. The highest BCUT2D eigenvalue weighted by Crippen LogP contribution is 2.29. The largest absolute Gasteiger partial charge is 0.416 e. The lowest BCUT2D eigenvalue weighted by Gasteiger charge is -2.12. The Kier molecular flexibility index (Phi) is 5.13. The summed E-state index contributed by atoms with van der Waals surface area (Å²) in [5.74, 6) is 0. The zero-order valence-electron chi connectivity index (χ0n) is 14.3. The molecule has 0 saturated carbocycles. The van der Waals surface area contributed by atoms with Gasteiger partial charge in [0.1, 0.15) is 6.07 Å². The number of rotatable bonds is 4. The molecule has 0 unspecified atom stereocenters. The molecule has 3 rings (SSSR count). The van der Waals surface area contributed by atoms with E-state index in [0.717, 1.165) is 28.3 Å². The molecule has 2 aromatic carbocycles. The summed E-state index contributed by atoms with van der Waals surface area (Å²) in [5, 5.41) is 12.8. The van der Waals surface area contributed by atoms with Crippen molar-refractivity contribution in [3.8, 4) is 11.8 Å². The van der Waals surface area contributed by atoms with Crippen molar-refractivity contribution in [2.45, 2.75) is 19.1 Å². The molecule has 28 heavy (non-hydrogen) atoms. The number of benzene rings is 2. The summed E-state index contributed by atoms with van der Waals surface area (Å²) in [5.41, 5.74) is -2.69. The van der Waals surface area contributed by atoms with Crippen molar-refractivity contribution >= 4 is 0 Å². The predicted molar refractivity (Wildman–Crippen MR) is 94.0 cm³/mol. The Morgan fingerprint density at radius 2 is 1.75 bits per heavy atom. The molecule has 1 heterocycles. The Morgan fingerprint density at radius 1 is 1.04 bits per heavy atom. The normalized spacial score (nSPS) is 11.2. The minimum Gasteiger partial charge on any atom is -0.266 e. The molecule has 0 aliphatic heterocycles. The minimum absolute atomic E-state index is 0.0438. The van der Waals surface area contributed by atoms with Crippen LogP contribution in [0.4, 0.5) is 13.2 Å². The van der Waals surface area contributed by atoms with Gasteiger partial charge in [-0.15, -0.1) is 5.10 Å². The van der Waals surface area contributed by atoms with E-state index in [1.165, 1.54) is 6.07 Å². The van der Waals surface area contributed by atoms with Crippen LogP contribution < -0.4 is 11.2 Å². The number of halogens is 3. The van der Waals surface area contributed by atoms with E-state index in [0.29, 0.717) is 11.1 Å². The molecule has 0 atom stereocenters. The summed E-state index contributed by atoms with van der Waals surface area (Å²) < 4.78 is 40.3. The highest BCUT2D eigenvalue weighted by atomic mass is 19.4. The fourth-order valence-corrected chi connectivity index (χ4v) is 2.65. The highest BCUT2D eigenvalue weighted by molar-refractivity contribution is 5.36. The fraction of sp³-hybridized carbons (Fsp3) is 0.158. The third-order valence-electron chi connectivity index (χ3n) is 4.05. The van der Waals surface area contributed by atoms with E-state index in [1.54, 1.807) is 18.2 Å². The van der Waals surface area contributed by atoms with Crippen LogP contribution in [-0.4, -0.2) is 14.3 Å². The molecule has 1 aromatic heterocycles. The topological polar surface area (TPSA) is 80.7 Å². The molecule has 142 valence electrons. The van der Waals surface area contributed by atoms with Gasteiger partial charge in [-0.3, -0.25) is 9.36 Å². The van der Waals surface area contributed by atoms with Gasteiger partial charge in [0, 0.05) is 6.54 Å². The van der Waals surface area contributed by atoms with Crippen LogP contribution in [0.5, 0.6) is 0 Å². The van der Waals surface area contributed by atoms with Crippen molar-refractivity contribution in [2.24, 2.45) is 0 Å². The van der Waals surface area contributed by atoms with Crippen molar-refractivity contribution < 1.29 is 13.2 Å². The van der Waals surface area contributed by atoms with Crippen LogP contribution in [0.2, 0.25) is 0 Å². The molecule has 0 saturated heterocycles. The molecule has 0 aliphatic rings. The number of aryl methyl sites for hydroxylation is 1. The predicted octanol–water partition coefficient (Wildman–Crippen LogP) is 2.53. The average molecular weight is 386 g/mol. The van der Waals surface area contributed by atoms with Crippen molar-refractivity contribution in [2.75, 3.05) is 0 Å². The molecule has 0 spiro atoms. The molecule has 3 aromatic rings. The summed E-state index contributed by atoms with van der Waals surface area (Å²) in [4.78, 5) is 25.0. The lowest BCUT2D eigenvalue weighted by atomic mass is 10.1. The smallest absolute Gasteiger partial charge is 0.266 e. The van der Waals surface area contributed by atoms with Crippen molar-refractivity contribution in [1.82, 2.24) is 14.3 Å². The summed E-state index contributed by atoms with van der Waals surface area (Å²) in [7, 11) is 0. The Bertz CT molecular complexity index is 1160. The van der Waals surface area contributed by atoms with Crippen molar-refractivity contribution in [1.29, 1.82) is 5.26 Å². The molecule has 0 bridgehead atoms. The first-order valence-electron chi connectivity index (χ1n) is 8.17. The summed E-state index contributed by atoms with van der Waals surface area (Å²) in [6.45, 7) is -0.0438. The second-order valence-corrected chi connectivity index (χ2v) is 5.90. The van der Waals surface area contributed by atoms with Gasteiger partial charge in [0.2, 0.25) is 5.69 Å². The molecular weight excluding hydrogens is 373 g/mol. The second-order valence-electron chi connectivity index (χ2n) is 5.90. The molecule has 0 aliphatic carbocycles. The van der Waals surface area contributed by atoms with Gasteiger partial charge in [0.05, 0.1) is 11.3 Å². The molecule has 0 N–H and O–H groups in total. The molecular formula is C19H13F3N4O2. The maximum atomic E-state index is 13.0. The van der Waals surface area contributed by atoms with Crippen LogP contribution in [0.25, 0.3) is 5.69 Å². The maximum Gasteiger partial charge on any atom is 0.416 e. The van der Waals surface area contributed by atoms with E-state index >= 15 is 0 Å². The van der Waals surface area contributed by atoms with Crippen molar-refractivity contribution in [3.63, 3.8) is 0 Å². The first-order chi connectivity index (χ1) is 13.3. The number of hydrogen-bond acceptors (Lipinski definition) is 4. The van der Waals surface area contributed by atoms with Gasteiger partial charge < -0.3 is 0 Å². The molecule has 0 fully saturated rings. The van der Waals surface area contributed by atoms with E-state index in [4.69, 9.17) is 5.26 Å². The Hall–Kier alpha value is -3.67. The zero-order chi connectivity index (χ0) is 20.3. The van der Waals surface area contributed by atoms with E-state index in [9.17, 15) is 22.8 Å². The van der Waals surface area contributed by atoms with Gasteiger partial charge in [-0.25, -0.2) is 4.79 Å². The number of nitriles is 1. The van der Waals surface area contributed by atoms with E-state index < -0.39 is 28.7 Å². The number of hydrogen-bond donors (Lipinski definition) is 0. The maximum absolute atomic E-state index is 13.0. The number of nitrogens with zero attached hydrogens (tertiary/aromatic N) is 4. The summed E-state index contributed by atoms with van der Waals surface area (Å²) in [6.07, 6.45) is -4.28. The molecule has 0 radical (unpaired) electrons. The fourth-order valence-electron chi connectivity index (χ4n) is 2.65. The van der Waals surface area contributed by atoms with Crippen LogP contribution >= 0.6 is 0 Å². The van der Waals surface area contributed by atoms with Gasteiger partial charge in [-0.1, -0.05) is 36.4 Å². The van der Waals surface area contributed by atoms with E-state index in [-0.39, 0.29) is 12.2 Å². The lowest BCUT2D eigenvalue weighted by molar-refractivity contribution is -0.137. The standard InChI is InChI=1S/C19H13F3N4O2/c20-19(21,22)14-7-4-8-15(11-14)26-18(28)25(17(27)16(12-23)24-26)10-9-13-5-2-1-3-6-13/h1-8,11H,9-10H2. The van der Waals surface area contributed by atoms with Crippen LogP contribution in [-0.2, 0) is 19.1 Å². The second kappa shape index (κ2) is 7.52. The SMILES string of the molecule is N#Cc1nn(-c2cccc(C(F)(F)F)c2)c(=O)n(CCc2ccccc2)c1=O. The highest BCUT2D eigenvalue weighted by Gasteiger charge is 2.30. The molecule has 9 heteroatoms. The molecule has 6 nitrogen and oxygen atoms in total. The van der Waals surface area contributed by atoms with Gasteiger partial charge in [-0.2, -0.15) is 23.1 Å². The third kappa shape index (κ3) is 3.86. The lowest BCUT2D eigenvalue weighted by Crippen LogP contribution is -2.42. The molecule has 0 amide bonds. The quantitative estimate of drug-likeness (QED) is 0.690. The Morgan fingerprint density at radius 3 is 2.39 bits per heavy atom. The first-order valence-corrected chi connectivity index (χ1v) is 8.17. The van der Waals surface area contributed by atoms with Gasteiger partial charge in [0.25, 0.3) is 5.56 Å². The third-order valence-corrected chi connectivity index (χ3v) is 4.05. The van der Waals surface area contributed by atoms with Gasteiger partial charge in [0.15, 0.2) is 0 Å². The van der Waals surface area contributed by atoms with E-state index in [2.05, 4.69) is 5.10 Å². The Balaban J connectivity index is 2.10. The van der Waals surface area contributed by atoms with E-state index in [1.807, 2.05) is 18.2 Å². The van der Waals surface area contributed by atoms with Crippen LogP contribution in [0, 0.1) is 11.3 Å². The van der Waals surface area contributed by atoms with Gasteiger partial charge >= 0.3 is 11.9 Å². The zero-order valence-corrected chi connectivity index (χ0v) is 14.3. The summed E-state index contributed by atoms with van der Waals surface area (Å²) in [6, 6.07) is 14.6. The van der Waals surface area contributed by atoms with Crippen LogP contribution in [0.1, 0.15) is 16.8 Å². The van der Waals surface area contributed by atoms with Gasteiger partial charge in [-0.05, 0) is 30.2 Å². The van der Waals surface area contributed by atoms with Crippen molar-refractivity contribution in [3.05, 3.63) is 92.3 Å². The Labute approximate surface area is 156 Å². The average Bonchev–Trinajstić information content (AvgIpc) is 2.68. The van der Waals surface area contributed by atoms with Crippen LogP contribution in [0.3, 0.4) is 0 Å². The monoisotopic (exact) mass is 386 g/mol.